The number of hydrogen-bond acceptors (Lipinski definition) is 6. The maximum atomic E-state index is 11.5. The predicted molar refractivity (Wildman–Crippen MR) is 77.7 cm³/mol. The van der Waals surface area contributed by atoms with Crippen molar-refractivity contribution in [3.8, 4) is 5.75 Å². The molecule has 0 saturated carbocycles. The van der Waals surface area contributed by atoms with Crippen molar-refractivity contribution in [1.29, 1.82) is 0 Å². The summed E-state index contributed by atoms with van der Waals surface area (Å²) >= 11 is 0. The Bertz CT molecular complexity index is 515. The van der Waals surface area contributed by atoms with E-state index in [1.807, 2.05) is 0 Å². The molecule has 2 N–H and O–H groups in total. The number of esters is 1. The Morgan fingerprint density at radius 2 is 1.64 bits per heavy atom. The number of hydrogen-bond donors (Lipinski definition) is 2. The highest BCUT2D eigenvalue weighted by atomic mass is 16.7. The summed E-state index contributed by atoms with van der Waals surface area (Å²) in [6.07, 6.45) is -0.796. The van der Waals surface area contributed by atoms with Crippen LogP contribution in [-0.2, 0) is 14.3 Å². The first-order valence-corrected chi connectivity index (χ1v) is 6.70. The molecular weight excluding hydrogens is 292 g/mol. The number of carbonyl (C=O) groups is 3. The number of amides is 2. The maximum absolute atomic E-state index is 11.5. The summed E-state index contributed by atoms with van der Waals surface area (Å²) in [5, 5.41) is 4.86. The fourth-order valence-corrected chi connectivity index (χ4v) is 1.39. The zero-order valence-electron chi connectivity index (χ0n) is 12.4. The fraction of sp³-hybridized carbons (Fsp3) is 0.357. The number of anilines is 1. The molecule has 2 amide bonds. The van der Waals surface area contributed by atoms with Gasteiger partial charge in [-0.3, -0.25) is 4.79 Å². The molecule has 0 unspecified atom stereocenters. The molecule has 22 heavy (non-hydrogen) atoms. The Balaban J connectivity index is 2.41. The van der Waals surface area contributed by atoms with Crippen molar-refractivity contribution in [2.75, 3.05) is 25.1 Å². The molecule has 120 valence electrons. The van der Waals surface area contributed by atoms with E-state index in [2.05, 4.69) is 20.1 Å². The molecule has 0 aliphatic heterocycles. The van der Waals surface area contributed by atoms with E-state index in [1.165, 1.54) is 12.1 Å². The second-order valence-electron chi connectivity index (χ2n) is 3.92. The second kappa shape index (κ2) is 9.22. The van der Waals surface area contributed by atoms with Crippen molar-refractivity contribution in [1.82, 2.24) is 5.32 Å². The average molecular weight is 310 g/mol. The molecule has 0 atom stereocenters. The lowest BCUT2D eigenvalue weighted by molar-refractivity contribution is -0.141. The number of ether oxygens (including phenoxy) is 3. The van der Waals surface area contributed by atoms with Gasteiger partial charge in [0.25, 0.3) is 0 Å². The zero-order chi connectivity index (χ0) is 16.4. The molecule has 0 fully saturated rings. The lowest BCUT2D eigenvalue weighted by Crippen LogP contribution is -2.34. The fourth-order valence-electron chi connectivity index (χ4n) is 1.39. The largest absolute Gasteiger partial charge is 0.513 e. The third-order valence-electron chi connectivity index (χ3n) is 2.27. The highest BCUT2D eigenvalue weighted by Crippen LogP contribution is 2.16. The summed E-state index contributed by atoms with van der Waals surface area (Å²) in [6, 6.07) is 5.53. The molecule has 8 heteroatoms. The molecule has 1 aromatic carbocycles. The van der Waals surface area contributed by atoms with Crippen LogP contribution in [0.2, 0.25) is 0 Å². The van der Waals surface area contributed by atoms with Crippen LogP contribution in [0, 0.1) is 0 Å². The third kappa shape index (κ3) is 6.60. The van der Waals surface area contributed by atoms with Gasteiger partial charge in [0.1, 0.15) is 12.3 Å². The molecule has 1 aromatic rings. The van der Waals surface area contributed by atoms with Crippen LogP contribution in [0.25, 0.3) is 0 Å². The van der Waals surface area contributed by atoms with Crippen molar-refractivity contribution in [2.24, 2.45) is 0 Å². The molecule has 0 aliphatic rings. The van der Waals surface area contributed by atoms with Crippen LogP contribution in [-0.4, -0.2) is 37.9 Å². The first-order chi connectivity index (χ1) is 10.5. The predicted octanol–water partition coefficient (Wildman–Crippen LogP) is 1.91. The molecule has 1 rings (SSSR count). The lowest BCUT2D eigenvalue weighted by Gasteiger charge is -2.08. The van der Waals surface area contributed by atoms with Crippen molar-refractivity contribution in [2.45, 2.75) is 13.8 Å². The minimum atomic E-state index is -0.796. The molecule has 8 nitrogen and oxygen atoms in total. The molecule has 0 spiro atoms. The van der Waals surface area contributed by atoms with Gasteiger partial charge in [-0.2, -0.15) is 0 Å². The minimum Gasteiger partial charge on any atom is -0.465 e. The first-order valence-electron chi connectivity index (χ1n) is 6.70. The van der Waals surface area contributed by atoms with Crippen LogP contribution in [0.4, 0.5) is 15.3 Å². The summed E-state index contributed by atoms with van der Waals surface area (Å²) in [5.41, 5.74) is 0.470. The minimum absolute atomic E-state index is 0.219. The van der Waals surface area contributed by atoms with Gasteiger partial charge in [-0.25, -0.2) is 9.59 Å². The number of carbonyl (C=O) groups excluding carboxylic acids is 3. The molecule has 0 aliphatic carbocycles. The Morgan fingerprint density at radius 1 is 1.00 bits per heavy atom. The second-order valence-corrected chi connectivity index (χ2v) is 3.92. The molecular formula is C14H18N2O6. The van der Waals surface area contributed by atoms with Gasteiger partial charge in [-0.05, 0) is 38.1 Å². The monoisotopic (exact) mass is 310 g/mol. The van der Waals surface area contributed by atoms with Gasteiger partial charge in [0.05, 0.1) is 13.2 Å². The van der Waals surface area contributed by atoms with Crippen LogP contribution in [0.3, 0.4) is 0 Å². The van der Waals surface area contributed by atoms with Gasteiger partial charge in [-0.1, -0.05) is 0 Å². The topological polar surface area (TPSA) is 103 Å². The van der Waals surface area contributed by atoms with E-state index in [0.29, 0.717) is 5.69 Å². The highest BCUT2D eigenvalue weighted by molar-refractivity contribution is 5.91. The van der Waals surface area contributed by atoms with Crippen LogP contribution < -0.4 is 15.4 Å². The summed E-state index contributed by atoms with van der Waals surface area (Å²) in [6.45, 7) is 3.61. The molecule has 0 saturated heterocycles. The quantitative estimate of drug-likeness (QED) is 0.614. The number of nitrogens with one attached hydrogen (secondary N) is 2. The van der Waals surface area contributed by atoms with E-state index in [9.17, 15) is 14.4 Å². The van der Waals surface area contributed by atoms with Crippen molar-refractivity contribution >= 4 is 23.8 Å². The normalized spacial score (nSPS) is 9.55. The van der Waals surface area contributed by atoms with E-state index >= 15 is 0 Å². The summed E-state index contributed by atoms with van der Waals surface area (Å²) < 4.78 is 14.2. The van der Waals surface area contributed by atoms with Gasteiger partial charge in [0.15, 0.2) is 0 Å². The number of urea groups is 1. The lowest BCUT2D eigenvalue weighted by atomic mass is 10.3. The maximum Gasteiger partial charge on any atom is 0.513 e. The van der Waals surface area contributed by atoms with Crippen molar-refractivity contribution in [3.05, 3.63) is 24.3 Å². The standard InChI is InChI=1S/C14H18N2O6/c1-3-20-12(17)9-15-13(18)16-10-5-7-11(8-6-10)22-14(19)21-4-2/h5-8H,3-4,9H2,1-2H3,(H2,15,16,18). The van der Waals surface area contributed by atoms with Crippen LogP contribution in [0.1, 0.15) is 13.8 Å². The Hall–Kier alpha value is -2.77. The smallest absolute Gasteiger partial charge is 0.465 e. The van der Waals surface area contributed by atoms with E-state index in [1.54, 1.807) is 26.0 Å². The first kappa shape index (κ1) is 17.3. The Labute approximate surface area is 127 Å². The molecule has 0 heterocycles. The summed E-state index contributed by atoms with van der Waals surface area (Å²) in [4.78, 5) is 33.7. The molecule has 0 bridgehead atoms. The molecule has 0 aromatic heterocycles. The van der Waals surface area contributed by atoms with E-state index < -0.39 is 18.2 Å². The highest BCUT2D eigenvalue weighted by Gasteiger charge is 2.07. The Morgan fingerprint density at radius 3 is 2.23 bits per heavy atom. The van der Waals surface area contributed by atoms with Crippen LogP contribution in [0.15, 0.2) is 24.3 Å². The van der Waals surface area contributed by atoms with Crippen LogP contribution >= 0.6 is 0 Å². The van der Waals surface area contributed by atoms with E-state index in [-0.39, 0.29) is 25.5 Å². The third-order valence-corrected chi connectivity index (χ3v) is 2.27. The molecule has 0 radical (unpaired) electrons. The van der Waals surface area contributed by atoms with Crippen LogP contribution in [0.5, 0.6) is 5.75 Å². The van der Waals surface area contributed by atoms with Crippen molar-refractivity contribution < 1.29 is 28.6 Å². The number of benzene rings is 1. The van der Waals surface area contributed by atoms with E-state index in [0.717, 1.165) is 0 Å². The Kier molecular flexibility index (Phi) is 7.24. The summed E-state index contributed by atoms with van der Waals surface area (Å²) in [7, 11) is 0. The van der Waals surface area contributed by atoms with Gasteiger partial charge in [0.2, 0.25) is 0 Å². The number of rotatable bonds is 6. The van der Waals surface area contributed by atoms with Gasteiger partial charge in [-0.15, -0.1) is 0 Å². The average Bonchev–Trinajstić information content (AvgIpc) is 2.48. The van der Waals surface area contributed by atoms with Gasteiger partial charge >= 0.3 is 18.2 Å². The SMILES string of the molecule is CCOC(=O)CNC(=O)Nc1ccc(OC(=O)OCC)cc1. The van der Waals surface area contributed by atoms with E-state index in [4.69, 9.17) is 4.74 Å². The van der Waals surface area contributed by atoms with Gasteiger partial charge in [0, 0.05) is 5.69 Å². The van der Waals surface area contributed by atoms with Crippen molar-refractivity contribution in [3.63, 3.8) is 0 Å². The summed E-state index contributed by atoms with van der Waals surface area (Å²) in [5.74, 6) is -0.230. The zero-order valence-corrected chi connectivity index (χ0v) is 12.4. The van der Waals surface area contributed by atoms with Gasteiger partial charge < -0.3 is 24.8 Å².